The molecule has 0 aliphatic heterocycles. The molecule has 1 rings (SSSR count). The standard InChI is InChI=1S/C13H25N3/c1-5-12(4)10-16-7-6-13(15-16)9-14-8-11(2)3/h6-7,11-12,14H,5,8-10H2,1-4H3. The lowest BCUT2D eigenvalue weighted by Gasteiger charge is -2.08. The van der Waals surface area contributed by atoms with E-state index in [1.165, 1.54) is 6.42 Å². The van der Waals surface area contributed by atoms with Crippen LogP contribution in [0.2, 0.25) is 0 Å². The molecule has 0 aliphatic rings. The fourth-order valence-electron chi connectivity index (χ4n) is 1.54. The van der Waals surface area contributed by atoms with Gasteiger partial charge in [-0.15, -0.1) is 0 Å². The minimum Gasteiger partial charge on any atom is -0.311 e. The van der Waals surface area contributed by atoms with Crippen molar-refractivity contribution in [2.75, 3.05) is 6.54 Å². The highest BCUT2D eigenvalue weighted by Gasteiger charge is 2.03. The molecule has 0 fully saturated rings. The second kappa shape index (κ2) is 6.69. The van der Waals surface area contributed by atoms with Crippen LogP contribution in [0.3, 0.4) is 0 Å². The summed E-state index contributed by atoms with van der Waals surface area (Å²) in [5.41, 5.74) is 1.14. The molecule has 3 nitrogen and oxygen atoms in total. The smallest absolute Gasteiger partial charge is 0.0762 e. The van der Waals surface area contributed by atoms with E-state index in [9.17, 15) is 0 Å². The summed E-state index contributed by atoms with van der Waals surface area (Å²) in [6, 6.07) is 2.11. The second-order valence-electron chi connectivity index (χ2n) is 5.07. The predicted octanol–water partition coefficient (Wildman–Crippen LogP) is 2.67. The van der Waals surface area contributed by atoms with E-state index in [2.05, 4.69) is 55.1 Å². The number of nitrogens with zero attached hydrogens (tertiary/aromatic N) is 2. The Morgan fingerprint density at radius 3 is 2.75 bits per heavy atom. The summed E-state index contributed by atoms with van der Waals surface area (Å²) in [6.07, 6.45) is 3.29. The maximum absolute atomic E-state index is 4.55. The zero-order chi connectivity index (χ0) is 12.0. The SMILES string of the molecule is CCC(C)Cn1ccc(CNCC(C)C)n1. The molecule has 1 atom stereocenters. The monoisotopic (exact) mass is 223 g/mol. The Bertz CT molecular complexity index is 291. The molecule has 1 aromatic heterocycles. The van der Waals surface area contributed by atoms with Gasteiger partial charge in [-0.2, -0.15) is 5.10 Å². The van der Waals surface area contributed by atoms with E-state index in [0.29, 0.717) is 11.8 Å². The summed E-state index contributed by atoms with van der Waals surface area (Å²) >= 11 is 0. The molecule has 0 bridgehead atoms. The lowest BCUT2D eigenvalue weighted by Crippen LogP contribution is -2.19. The fraction of sp³-hybridized carbons (Fsp3) is 0.769. The summed E-state index contributed by atoms with van der Waals surface area (Å²) in [5, 5.41) is 7.96. The first-order valence-corrected chi connectivity index (χ1v) is 6.34. The first kappa shape index (κ1) is 13.2. The van der Waals surface area contributed by atoms with Gasteiger partial charge in [0.1, 0.15) is 0 Å². The van der Waals surface area contributed by atoms with E-state index >= 15 is 0 Å². The summed E-state index contributed by atoms with van der Waals surface area (Å²) in [4.78, 5) is 0. The summed E-state index contributed by atoms with van der Waals surface area (Å²) < 4.78 is 2.06. The highest BCUT2D eigenvalue weighted by molar-refractivity contribution is 4.98. The van der Waals surface area contributed by atoms with Gasteiger partial charge in [0.05, 0.1) is 5.69 Å². The molecule has 0 spiro atoms. The van der Waals surface area contributed by atoms with Crippen LogP contribution in [0.5, 0.6) is 0 Å². The van der Waals surface area contributed by atoms with Crippen LogP contribution in [0, 0.1) is 11.8 Å². The van der Waals surface area contributed by atoms with Crippen molar-refractivity contribution in [1.29, 1.82) is 0 Å². The fourth-order valence-corrected chi connectivity index (χ4v) is 1.54. The van der Waals surface area contributed by atoms with Gasteiger partial charge < -0.3 is 5.32 Å². The molecule has 0 saturated heterocycles. The minimum absolute atomic E-state index is 0.696. The molecule has 1 heterocycles. The molecule has 3 heteroatoms. The van der Waals surface area contributed by atoms with Crippen LogP contribution in [0.4, 0.5) is 0 Å². The molecule has 0 aliphatic carbocycles. The average molecular weight is 223 g/mol. The van der Waals surface area contributed by atoms with Crippen molar-refractivity contribution in [3.05, 3.63) is 18.0 Å². The Labute approximate surface area is 99.2 Å². The van der Waals surface area contributed by atoms with E-state index in [0.717, 1.165) is 25.3 Å². The van der Waals surface area contributed by atoms with E-state index < -0.39 is 0 Å². The van der Waals surface area contributed by atoms with Gasteiger partial charge >= 0.3 is 0 Å². The number of nitrogens with one attached hydrogen (secondary N) is 1. The van der Waals surface area contributed by atoms with Crippen molar-refractivity contribution in [3.63, 3.8) is 0 Å². The van der Waals surface area contributed by atoms with Crippen molar-refractivity contribution in [2.24, 2.45) is 11.8 Å². The highest BCUT2D eigenvalue weighted by Crippen LogP contribution is 2.05. The third kappa shape index (κ3) is 4.79. The van der Waals surface area contributed by atoms with Gasteiger partial charge in [0, 0.05) is 19.3 Å². The molecule has 1 unspecified atom stereocenters. The van der Waals surface area contributed by atoms with Crippen molar-refractivity contribution in [3.8, 4) is 0 Å². The van der Waals surface area contributed by atoms with Crippen LogP contribution in [-0.2, 0) is 13.1 Å². The molecule has 0 aromatic carbocycles. The molecule has 0 saturated carbocycles. The zero-order valence-electron chi connectivity index (χ0n) is 11.0. The van der Waals surface area contributed by atoms with Crippen LogP contribution < -0.4 is 5.32 Å². The molecular formula is C13H25N3. The van der Waals surface area contributed by atoms with E-state index in [4.69, 9.17) is 0 Å². The van der Waals surface area contributed by atoms with Crippen molar-refractivity contribution in [1.82, 2.24) is 15.1 Å². The van der Waals surface area contributed by atoms with Crippen LogP contribution in [0.25, 0.3) is 0 Å². The quantitative estimate of drug-likeness (QED) is 0.770. The van der Waals surface area contributed by atoms with Gasteiger partial charge in [-0.1, -0.05) is 34.1 Å². The second-order valence-corrected chi connectivity index (χ2v) is 5.07. The molecule has 0 radical (unpaired) electrons. The number of rotatable bonds is 7. The first-order valence-electron chi connectivity index (χ1n) is 6.34. The van der Waals surface area contributed by atoms with E-state index in [1.807, 2.05) is 0 Å². The largest absolute Gasteiger partial charge is 0.311 e. The van der Waals surface area contributed by atoms with E-state index in [-0.39, 0.29) is 0 Å². The molecule has 16 heavy (non-hydrogen) atoms. The Morgan fingerprint density at radius 1 is 1.38 bits per heavy atom. The zero-order valence-corrected chi connectivity index (χ0v) is 11.0. The Balaban J connectivity index is 2.33. The third-order valence-corrected chi connectivity index (χ3v) is 2.75. The van der Waals surface area contributed by atoms with Crippen molar-refractivity contribution >= 4 is 0 Å². The Kier molecular flexibility index (Phi) is 5.53. The summed E-state index contributed by atoms with van der Waals surface area (Å²) in [7, 11) is 0. The maximum Gasteiger partial charge on any atom is 0.0762 e. The molecule has 92 valence electrons. The first-order chi connectivity index (χ1) is 7.61. The Hall–Kier alpha value is -0.830. The normalized spacial score (nSPS) is 13.3. The topological polar surface area (TPSA) is 29.9 Å². The average Bonchev–Trinajstić information content (AvgIpc) is 2.65. The number of aromatic nitrogens is 2. The van der Waals surface area contributed by atoms with Crippen LogP contribution >= 0.6 is 0 Å². The molecule has 1 N–H and O–H groups in total. The number of hydrogen-bond acceptors (Lipinski definition) is 2. The molecular weight excluding hydrogens is 198 g/mol. The predicted molar refractivity (Wildman–Crippen MR) is 68.2 cm³/mol. The van der Waals surface area contributed by atoms with Gasteiger partial charge in [-0.25, -0.2) is 0 Å². The minimum atomic E-state index is 0.696. The van der Waals surface area contributed by atoms with Gasteiger partial charge in [0.25, 0.3) is 0 Å². The maximum atomic E-state index is 4.55. The van der Waals surface area contributed by atoms with Crippen molar-refractivity contribution in [2.45, 2.75) is 47.2 Å². The number of hydrogen-bond donors (Lipinski definition) is 1. The van der Waals surface area contributed by atoms with Crippen LogP contribution in [0.1, 0.15) is 39.8 Å². The Morgan fingerprint density at radius 2 is 2.12 bits per heavy atom. The van der Waals surface area contributed by atoms with Crippen molar-refractivity contribution < 1.29 is 0 Å². The van der Waals surface area contributed by atoms with Crippen LogP contribution in [-0.4, -0.2) is 16.3 Å². The lowest BCUT2D eigenvalue weighted by atomic mass is 10.1. The lowest BCUT2D eigenvalue weighted by molar-refractivity contribution is 0.435. The molecule has 0 amide bonds. The van der Waals surface area contributed by atoms with Gasteiger partial charge in [0.2, 0.25) is 0 Å². The van der Waals surface area contributed by atoms with E-state index in [1.54, 1.807) is 0 Å². The van der Waals surface area contributed by atoms with Gasteiger partial charge in [-0.3, -0.25) is 4.68 Å². The molecule has 1 aromatic rings. The summed E-state index contributed by atoms with van der Waals surface area (Å²) in [6.45, 7) is 11.9. The summed E-state index contributed by atoms with van der Waals surface area (Å²) in [5.74, 6) is 1.40. The third-order valence-electron chi connectivity index (χ3n) is 2.75. The van der Waals surface area contributed by atoms with Crippen LogP contribution in [0.15, 0.2) is 12.3 Å². The van der Waals surface area contributed by atoms with Gasteiger partial charge in [-0.05, 0) is 24.4 Å². The highest BCUT2D eigenvalue weighted by atomic mass is 15.3. The van der Waals surface area contributed by atoms with Gasteiger partial charge in [0.15, 0.2) is 0 Å².